The second kappa shape index (κ2) is 6.30. The lowest BCUT2D eigenvalue weighted by Crippen LogP contribution is -2.14. The van der Waals surface area contributed by atoms with Crippen LogP contribution in [0.2, 0.25) is 5.02 Å². The lowest BCUT2D eigenvalue weighted by atomic mass is 10.1. The van der Waals surface area contributed by atoms with Crippen LogP contribution >= 0.6 is 23.4 Å². The molecule has 0 aliphatic carbocycles. The molecule has 0 unspecified atom stereocenters. The van der Waals surface area contributed by atoms with E-state index >= 15 is 0 Å². The molecule has 24 heavy (non-hydrogen) atoms. The lowest BCUT2D eigenvalue weighted by molar-refractivity contribution is 0.720. The molecule has 0 fully saturated rings. The van der Waals surface area contributed by atoms with E-state index in [9.17, 15) is 0 Å². The Bertz CT molecular complexity index is 900. The highest BCUT2D eigenvalue weighted by atomic mass is 35.5. The van der Waals surface area contributed by atoms with Gasteiger partial charge in [0.25, 0.3) is 0 Å². The largest absolute Gasteiger partial charge is 0.399 e. The van der Waals surface area contributed by atoms with Crippen LogP contribution in [-0.4, -0.2) is 26.3 Å². The van der Waals surface area contributed by atoms with Crippen molar-refractivity contribution in [3.8, 4) is 0 Å². The molecule has 4 rings (SSSR count). The van der Waals surface area contributed by atoms with Crippen LogP contribution in [0.15, 0.2) is 58.8 Å². The molecule has 0 atom stereocenters. The topological polar surface area (TPSA) is 69.1 Å². The van der Waals surface area contributed by atoms with Gasteiger partial charge in [-0.1, -0.05) is 47.6 Å². The van der Waals surface area contributed by atoms with Gasteiger partial charge in [-0.15, -0.1) is 10.2 Å². The average Bonchev–Trinajstić information content (AvgIpc) is 3.00. The first-order valence-electron chi connectivity index (χ1n) is 7.44. The van der Waals surface area contributed by atoms with Gasteiger partial charge in [0.1, 0.15) is 0 Å². The zero-order chi connectivity index (χ0) is 16.5. The minimum Gasteiger partial charge on any atom is -0.399 e. The first kappa shape index (κ1) is 15.2. The Morgan fingerprint density at radius 3 is 2.54 bits per heavy atom. The highest BCUT2D eigenvalue weighted by Crippen LogP contribution is 2.25. The monoisotopic (exact) mass is 355 g/mol. The number of benzene rings is 2. The van der Waals surface area contributed by atoms with Crippen LogP contribution in [0.1, 0.15) is 17.0 Å². The van der Waals surface area contributed by atoms with Gasteiger partial charge < -0.3 is 5.73 Å². The molecule has 2 aromatic carbocycles. The molecule has 0 saturated heterocycles. The number of hydrogen-bond acceptors (Lipinski definition) is 5. The van der Waals surface area contributed by atoms with Crippen LogP contribution in [0.25, 0.3) is 0 Å². The first-order chi connectivity index (χ1) is 11.7. The third-order valence-corrected chi connectivity index (χ3v) is 4.94. The molecule has 2 N–H and O–H groups in total. The Hall–Kier alpha value is -2.31. The fourth-order valence-corrected chi connectivity index (χ4v) is 3.46. The highest BCUT2D eigenvalue weighted by molar-refractivity contribution is 7.99. The number of halogens is 1. The highest BCUT2D eigenvalue weighted by Gasteiger charge is 2.19. The Balaban J connectivity index is 1.66. The summed E-state index contributed by atoms with van der Waals surface area (Å²) in [5, 5.41) is 14.8. The first-order valence-corrected chi connectivity index (χ1v) is 8.81. The van der Waals surface area contributed by atoms with Crippen molar-refractivity contribution in [3.05, 3.63) is 70.5 Å². The summed E-state index contributed by atoms with van der Waals surface area (Å²) in [5.74, 6) is 1.58. The molecule has 3 aromatic rings. The number of hydrogen-bond donors (Lipinski definition) is 1. The maximum atomic E-state index is 5.94. The van der Waals surface area contributed by atoms with E-state index < -0.39 is 0 Å². The van der Waals surface area contributed by atoms with E-state index in [0.29, 0.717) is 6.42 Å². The van der Waals surface area contributed by atoms with Crippen molar-refractivity contribution in [2.75, 3.05) is 11.5 Å². The summed E-state index contributed by atoms with van der Waals surface area (Å²) in [6.45, 7) is 0. The van der Waals surface area contributed by atoms with Crippen LogP contribution in [0.5, 0.6) is 0 Å². The quantitative estimate of drug-likeness (QED) is 0.730. The predicted molar refractivity (Wildman–Crippen MR) is 97.8 cm³/mol. The summed E-state index contributed by atoms with van der Waals surface area (Å²) in [5.41, 5.74) is 9.68. The van der Waals surface area contributed by atoms with Crippen molar-refractivity contribution in [2.24, 2.45) is 5.10 Å². The normalized spacial score (nSPS) is 13.5. The summed E-state index contributed by atoms with van der Waals surface area (Å²) in [4.78, 5) is 0. The average molecular weight is 356 g/mol. The van der Waals surface area contributed by atoms with Crippen LogP contribution in [0.3, 0.4) is 0 Å². The molecule has 1 aliphatic rings. The summed E-state index contributed by atoms with van der Waals surface area (Å²) in [6, 6.07) is 15.5. The number of thioether (sulfide) groups is 1. The predicted octanol–water partition coefficient (Wildman–Crippen LogP) is 3.46. The van der Waals surface area contributed by atoms with E-state index in [2.05, 4.69) is 10.2 Å². The molecular formula is C17H14ClN5S. The molecule has 0 amide bonds. The molecule has 7 heteroatoms. The molecule has 120 valence electrons. The number of nitrogens with two attached hydrogens (primary N) is 1. The Labute approximate surface area is 148 Å². The van der Waals surface area contributed by atoms with Gasteiger partial charge in [-0.2, -0.15) is 9.78 Å². The number of nitrogens with zero attached hydrogens (tertiary/aromatic N) is 4. The SMILES string of the molecule is Nc1ccc(C2=Nn3c(Cc4ccc(Cl)cc4)nnc3SC2)cc1. The molecule has 1 aliphatic heterocycles. The smallest absolute Gasteiger partial charge is 0.212 e. The van der Waals surface area contributed by atoms with Crippen molar-refractivity contribution in [2.45, 2.75) is 11.6 Å². The minimum absolute atomic E-state index is 0.656. The van der Waals surface area contributed by atoms with Gasteiger partial charge >= 0.3 is 0 Å². The second-order valence-electron chi connectivity index (χ2n) is 5.47. The van der Waals surface area contributed by atoms with Gasteiger partial charge in [0, 0.05) is 22.9 Å². The Morgan fingerprint density at radius 1 is 1.04 bits per heavy atom. The van der Waals surface area contributed by atoms with Crippen LogP contribution < -0.4 is 5.73 Å². The van der Waals surface area contributed by atoms with Crippen LogP contribution in [-0.2, 0) is 6.42 Å². The van der Waals surface area contributed by atoms with Crippen molar-refractivity contribution in [3.63, 3.8) is 0 Å². The van der Waals surface area contributed by atoms with E-state index in [1.807, 2.05) is 53.2 Å². The third-order valence-electron chi connectivity index (χ3n) is 3.75. The molecule has 0 radical (unpaired) electrons. The van der Waals surface area contributed by atoms with Gasteiger partial charge in [-0.3, -0.25) is 0 Å². The van der Waals surface area contributed by atoms with E-state index in [1.165, 1.54) is 0 Å². The summed E-state index contributed by atoms with van der Waals surface area (Å²) >= 11 is 7.58. The number of nitrogen functional groups attached to an aromatic ring is 1. The number of aromatic nitrogens is 3. The summed E-state index contributed by atoms with van der Waals surface area (Å²) < 4.78 is 1.83. The molecular weight excluding hydrogens is 342 g/mol. The second-order valence-corrected chi connectivity index (χ2v) is 6.85. The maximum Gasteiger partial charge on any atom is 0.212 e. The van der Waals surface area contributed by atoms with E-state index in [-0.39, 0.29) is 0 Å². The Kier molecular flexibility index (Phi) is 4.00. The molecule has 0 bridgehead atoms. The van der Waals surface area contributed by atoms with Gasteiger partial charge in [-0.05, 0) is 35.4 Å². The molecule has 0 saturated carbocycles. The maximum absolute atomic E-state index is 5.94. The molecule has 0 spiro atoms. The van der Waals surface area contributed by atoms with Crippen molar-refractivity contribution < 1.29 is 0 Å². The van der Waals surface area contributed by atoms with Crippen molar-refractivity contribution >= 4 is 34.8 Å². The molecule has 2 heterocycles. The van der Waals surface area contributed by atoms with Gasteiger partial charge in [-0.25, -0.2) is 0 Å². The fraction of sp³-hybridized carbons (Fsp3) is 0.118. The van der Waals surface area contributed by atoms with E-state index in [0.717, 1.165) is 44.3 Å². The summed E-state index contributed by atoms with van der Waals surface area (Å²) in [7, 11) is 0. The van der Waals surface area contributed by atoms with Crippen molar-refractivity contribution in [1.29, 1.82) is 0 Å². The third kappa shape index (κ3) is 3.02. The van der Waals surface area contributed by atoms with Crippen LogP contribution in [0, 0.1) is 0 Å². The van der Waals surface area contributed by atoms with Gasteiger partial charge in [0.05, 0.1) is 5.71 Å². The summed E-state index contributed by atoms with van der Waals surface area (Å²) in [6.07, 6.45) is 0.656. The lowest BCUT2D eigenvalue weighted by Gasteiger charge is -2.14. The zero-order valence-electron chi connectivity index (χ0n) is 12.7. The zero-order valence-corrected chi connectivity index (χ0v) is 14.3. The van der Waals surface area contributed by atoms with Crippen LogP contribution in [0.4, 0.5) is 5.69 Å². The van der Waals surface area contributed by atoms with Crippen molar-refractivity contribution in [1.82, 2.24) is 14.9 Å². The number of fused-ring (bicyclic) bond motifs is 1. The van der Waals surface area contributed by atoms with Gasteiger partial charge in [0.2, 0.25) is 5.16 Å². The van der Waals surface area contributed by atoms with Gasteiger partial charge in [0.15, 0.2) is 5.82 Å². The Morgan fingerprint density at radius 2 is 1.79 bits per heavy atom. The molecule has 5 nitrogen and oxygen atoms in total. The fourth-order valence-electron chi connectivity index (χ4n) is 2.48. The van der Waals surface area contributed by atoms with E-state index in [1.54, 1.807) is 11.8 Å². The standard InChI is InChI=1S/C17H14ClN5S/c18-13-5-1-11(2-6-13)9-16-20-21-17-23(16)22-15(10-24-17)12-3-7-14(19)8-4-12/h1-8H,9-10,19H2. The van der Waals surface area contributed by atoms with E-state index in [4.69, 9.17) is 22.4 Å². The minimum atomic E-state index is 0.656. The molecule has 1 aromatic heterocycles. The number of anilines is 1. The number of rotatable bonds is 3.